The van der Waals surface area contributed by atoms with Crippen LogP contribution in [-0.2, 0) is 15.9 Å². The molecule has 1 aromatic carbocycles. The van der Waals surface area contributed by atoms with E-state index in [2.05, 4.69) is 10.6 Å². The molecule has 0 aliphatic heterocycles. The van der Waals surface area contributed by atoms with Gasteiger partial charge in [-0.25, -0.2) is 0 Å². The molecule has 1 aromatic rings. The fraction of sp³-hybridized carbons (Fsp3) is 0.533. The van der Waals surface area contributed by atoms with Gasteiger partial charge < -0.3 is 20.1 Å². The molecule has 5 heteroatoms. The minimum atomic E-state index is -0.0490. The van der Waals surface area contributed by atoms with Crippen molar-refractivity contribution in [2.45, 2.75) is 6.42 Å². The molecule has 0 bridgehead atoms. The lowest BCUT2D eigenvalue weighted by Gasteiger charge is -2.10. The van der Waals surface area contributed by atoms with E-state index in [4.69, 9.17) is 9.47 Å². The number of rotatable bonds is 10. The fourth-order valence-corrected chi connectivity index (χ4v) is 1.80. The van der Waals surface area contributed by atoms with Gasteiger partial charge in [-0.15, -0.1) is 0 Å². The number of ether oxygens (including phenoxy) is 2. The van der Waals surface area contributed by atoms with Crippen molar-refractivity contribution in [3.63, 3.8) is 0 Å². The van der Waals surface area contributed by atoms with Gasteiger partial charge in [0.1, 0.15) is 0 Å². The lowest BCUT2D eigenvalue weighted by molar-refractivity contribution is 0.0692. The van der Waals surface area contributed by atoms with Crippen molar-refractivity contribution in [3.05, 3.63) is 35.4 Å². The molecular weight excluding hydrogens is 256 g/mol. The van der Waals surface area contributed by atoms with Crippen molar-refractivity contribution in [3.8, 4) is 0 Å². The van der Waals surface area contributed by atoms with Gasteiger partial charge in [0, 0.05) is 19.2 Å². The molecule has 20 heavy (non-hydrogen) atoms. The lowest BCUT2D eigenvalue weighted by atomic mass is 10.0. The number of amides is 1. The zero-order valence-electron chi connectivity index (χ0n) is 12.3. The van der Waals surface area contributed by atoms with Crippen molar-refractivity contribution in [1.82, 2.24) is 10.6 Å². The third kappa shape index (κ3) is 6.14. The third-order valence-corrected chi connectivity index (χ3v) is 2.87. The number of carbonyl (C=O) groups excluding carboxylic acids is 1. The molecule has 112 valence electrons. The number of carbonyl (C=O) groups is 1. The van der Waals surface area contributed by atoms with Gasteiger partial charge in [0.25, 0.3) is 5.91 Å². The smallest absolute Gasteiger partial charge is 0.251 e. The summed E-state index contributed by atoms with van der Waals surface area (Å²) in [5.74, 6) is -0.0490. The van der Waals surface area contributed by atoms with Crippen LogP contribution in [0.2, 0.25) is 0 Å². The van der Waals surface area contributed by atoms with Gasteiger partial charge in [0.2, 0.25) is 0 Å². The predicted octanol–water partition coefficient (Wildman–Crippen LogP) is 0.841. The summed E-state index contributed by atoms with van der Waals surface area (Å²) in [6.07, 6.45) is 0.838. The molecule has 0 aliphatic rings. The topological polar surface area (TPSA) is 59.6 Å². The van der Waals surface area contributed by atoms with Crippen molar-refractivity contribution >= 4 is 5.91 Å². The quantitative estimate of drug-likeness (QED) is 0.624. The molecule has 0 aliphatic carbocycles. The van der Waals surface area contributed by atoms with Gasteiger partial charge in [-0.05, 0) is 31.6 Å². The molecule has 1 amide bonds. The molecule has 0 saturated carbocycles. The molecule has 0 radical (unpaired) electrons. The lowest BCUT2D eigenvalue weighted by Crippen LogP contribution is -2.28. The highest BCUT2D eigenvalue weighted by atomic mass is 16.5. The molecule has 2 N–H and O–H groups in total. The van der Waals surface area contributed by atoms with Crippen LogP contribution in [0.1, 0.15) is 15.9 Å². The Kier molecular flexibility index (Phi) is 8.62. The zero-order valence-corrected chi connectivity index (χ0v) is 12.3. The van der Waals surface area contributed by atoms with Crippen molar-refractivity contribution < 1.29 is 14.3 Å². The maximum absolute atomic E-state index is 12.1. The molecular formula is C15H24N2O3. The van der Waals surface area contributed by atoms with Crippen molar-refractivity contribution in [2.75, 3.05) is 47.1 Å². The van der Waals surface area contributed by atoms with Crippen LogP contribution in [0, 0.1) is 0 Å². The SMILES string of the molecule is CNCCc1ccccc1C(=O)NCCOCCOC. The molecule has 5 nitrogen and oxygen atoms in total. The minimum Gasteiger partial charge on any atom is -0.382 e. The summed E-state index contributed by atoms with van der Waals surface area (Å²) in [4.78, 5) is 12.1. The first-order chi connectivity index (χ1) is 9.79. The number of hydrogen-bond acceptors (Lipinski definition) is 4. The van der Waals surface area contributed by atoms with Crippen LogP contribution in [0.3, 0.4) is 0 Å². The highest BCUT2D eigenvalue weighted by molar-refractivity contribution is 5.95. The van der Waals surface area contributed by atoms with E-state index in [0.717, 1.165) is 24.1 Å². The fourth-order valence-electron chi connectivity index (χ4n) is 1.80. The second-order valence-corrected chi connectivity index (χ2v) is 4.37. The standard InChI is InChI=1S/C15H24N2O3/c1-16-8-7-13-5-3-4-6-14(13)15(18)17-9-10-20-12-11-19-2/h3-6,16H,7-12H2,1-2H3,(H,17,18). The Balaban J connectivity index is 2.38. The van der Waals surface area contributed by atoms with Gasteiger partial charge in [-0.3, -0.25) is 4.79 Å². The van der Waals surface area contributed by atoms with Crippen LogP contribution in [0.4, 0.5) is 0 Å². The van der Waals surface area contributed by atoms with E-state index in [1.165, 1.54) is 0 Å². The monoisotopic (exact) mass is 280 g/mol. The second kappa shape index (κ2) is 10.4. The number of hydrogen-bond donors (Lipinski definition) is 2. The summed E-state index contributed by atoms with van der Waals surface area (Å²) in [5.41, 5.74) is 1.79. The predicted molar refractivity (Wildman–Crippen MR) is 79.1 cm³/mol. The van der Waals surface area contributed by atoms with Crippen LogP contribution in [0.25, 0.3) is 0 Å². The summed E-state index contributed by atoms with van der Waals surface area (Å²) >= 11 is 0. The highest BCUT2D eigenvalue weighted by Gasteiger charge is 2.09. The number of benzene rings is 1. The van der Waals surface area contributed by atoms with E-state index in [1.54, 1.807) is 7.11 Å². The Morgan fingerprint density at radius 1 is 1.15 bits per heavy atom. The molecule has 1 rings (SSSR count). The minimum absolute atomic E-state index is 0.0490. The average molecular weight is 280 g/mol. The van der Waals surface area contributed by atoms with Crippen LogP contribution in [0.15, 0.2) is 24.3 Å². The summed E-state index contributed by atoms with van der Waals surface area (Å²) in [6.45, 7) is 2.97. The Morgan fingerprint density at radius 2 is 1.95 bits per heavy atom. The average Bonchev–Trinajstić information content (AvgIpc) is 2.48. The third-order valence-electron chi connectivity index (χ3n) is 2.87. The number of nitrogens with one attached hydrogen (secondary N) is 2. The normalized spacial score (nSPS) is 10.5. The first-order valence-corrected chi connectivity index (χ1v) is 6.87. The Morgan fingerprint density at radius 3 is 2.70 bits per heavy atom. The van der Waals surface area contributed by atoms with Gasteiger partial charge in [-0.1, -0.05) is 18.2 Å². The van der Waals surface area contributed by atoms with E-state index in [1.807, 2.05) is 31.3 Å². The van der Waals surface area contributed by atoms with E-state index in [-0.39, 0.29) is 5.91 Å². The molecule has 0 aromatic heterocycles. The summed E-state index contributed by atoms with van der Waals surface area (Å²) < 4.78 is 10.2. The Labute approximate surface area is 120 Å². The van der Waals surface area contributed by atoms with E-state index < -0.39 is 0 Å². The van der Waals surface area contributed by atoms with E-state index in [0.29, 0.717) is 26.4 Å². The molecule has 0 atom stereocenters. The zero-order chi connectivity index (χ0) is 14.6. The maximum atomic E-state index is 12.1. The van der Waals surface area contributed by atoms with Crippen LogP contribution in [-0.4, -0.2) is 53.0 Å². The van der Waals surface area contributed by atoms with Crippen molar-refractivity contribution in [1.29, 1.82) is 0 Å². The second-order valence-electron chi connectivity index (χ2n) is 4.37. The van der Waals surface area contributed by atoms with Gasteiger partial charge >= 0.3 is 0 Å². The van der Waals surface area contributed by atoms with Crippen LogP contribution >= 0.6 is 0 Å². The first kappa shape index (κ1) is 16.6. The van der Waals surface area contributed by atoms with Gasteiger partial charge in [-0.2, -0.15) is 0 Å². The van der Waals surface area contributed by atoms with E-state index in [9.17, 15) is 4.79 Å². The molecule has 0 spiro atoms. The van der Waals surface area contributed by atoms with Crippen LogP contribution < -0.4 is 10.6 Å². The van der Waals surface area contributed by atoms with Gasteiger partial charge in [0.15, 0.2) is 0 Å². The Bertz CT molecular complexity index is 396. The highest BCUT2D eigenvalue weighted by Crippen LogP contribution is 2.09. The summed E-state index contributed by atoms with van der Waals surface area (Å²) in [7, 11) is 3.53. The van der Waals surface area contributed by atoms with Crippen LogP contribution in [0.5, 0.6) is 0 Å². The largest absolute Gasteiger partial charge is 0.382 e. The maximum Gasteiger partial charge on any atom is 0.251 e. The molecule has 0 unspecified atom stereocenters. The van der Waals surface area contributed by atoms with Crippen molar-refractivity contribution in [2.24, 2.45) is 0 Å². The molecule has 0 heterocycles. The first-order valence-electron chi connectivity index (χ1n) is 6.87. The summed E-state index contributed by atoms with van der Waals surface area (Å²) in [6, 6.07) is 7.68. The summed E-state index contributed by atoms with van der Waals surface area (Å²) in [5, 5.41) is 5.96. The van der Waals surface area contributed by atoms with Gasteiger partial charge in [0.05, 0.1) is 19.8 Å². The number of methoxy groups -OCH3 is 1. The number of likely N-dealkylation sites (N-methyl/N-ethyl adjacent to an activating group) is 1. The molecule has 0 saturated heterocycles. The molecule has 0 fully saturated rings. The van der Waals surface area contributed by atoms with E-state index >= 15 is 0 Å². The Hall–Kier alpha value is -1.43.